The normalized spacial score (nSPS) is 11.1. The van der Waals surface area contributed by atoms with Gasteiger partial charge in [-0.2, -0.15) is 0 Å². The van der Waals surface area contributed by atoms with Gasteiger partial charge in [0.1, 0.15) is 0 Å². The number of anilines is 1. The van der Waals surface area contributed by atoms with Gasteiger partial charge in [-0.15, -0.1) is 0 Å². The lowest BCUT2D eigenvalue weighted by molar-refractivity contribution is 0.0959. The van der Waals surface area contributed by atoms with E-state index in [-0.39, 0.29) is 5.91 Å². The molecular weight excluding hydrogens is 372 g/mol. The number of fused-ring (bicyclic) bond motifs is 1. The van der Waals surface area contributed by atoms with E-state index in [1.54, 1.807) is 35.6 Å². The van der Waals surface area contributed by atoms with Gasteiger partial charge < -0.3 is 8.98 Å². The summed E-state index contributed by atoms with van der Waals surface area (Å²) in [4.78, 5) is 23.2. The Morgan fingerprint density at radius 1 is 1.35 bits per heavy atom. The minimum Gasteiger partial charge on any atom is -0.459 e. The minimum absolute atomic E-state index is 0.203. The average molecular weight is 387 g/mol. The molecule has 0 spiro atoms. The number of imidazole rings is 1. The highest BCUT2D eigenvalue weighted by Gasteiger charge is 2.23. The van der Waals surface area contributed by atoms with Gasteiger partial charge >= 0.3 is 0 Å². The SMILES string of the molecule is O=C(c1ccco1)N(CCCn1ccnc1)c1nc2ccc(Cl)cc2s1. The molecule has 0 saturated heterocycles. The Morgan fingerprint density at radius 2 is 2.27 bits per heavy atom. The summed E-state index contributed by atoms with van der Waals surface area (Å²) in [6.45, 7) is 1.28. The van der Waals surface area contributed by atoms with Gasteiger partial charge in [0, 0.05) is 30.5 Å². The second-order valence-electron chi connectivity index (χ2n) is 5.70. The molecule has 1 aromatic carbocycles. The summed E-state index contributed by atoms with van der Waals surface area (Å²) in [6, 6.07) is 8.88. The monoisotopic (exact) mass is 386 g/mol. The topological polar surface area (TPSA) is 64.2 Å². The predicted octanol–water partition coefficient (Wildman–Crippen LogP) is 4.48. The zero-order valence-corrected chi connectivity index (χ0v) is 15.3. The lowest BCUT2D eigenvalue weighted by atomic mass is 10.3. The van der Waals surface area contributed by atoms with Crippen LogP contribution in [0.1, 0.15) is 17.0 Å². The van der Waals surface area contributed by atoms with E-state index in [1.807, 2.05) is 22.9 Å². The number of carbonyl (C=O) groups is 1. The molecule has 0 fully saturated rings. The van der Waals surface area contributed by atoms with Crippen molar-refractivity contribution in [1.82, 2.24) is 14.5 Å². The van der Waals surface area contributed by atoms with Crippen LogP contribution in [0.3, 0.4) is 0 Å². The fourth-order valence-corrected chi connectivity index (χ4v) is 3.92. The average Bonchev–Trinajstić information content (AvgIpc) is 3.38. The van der Waals surface area contributed by atoms with Crippen molar-refractivity contribution >= 4 is 44.2 Å². The highest BCUT2D eigenvalue weighted by atomic mass is 35.5. The van der Waals surface area contributed by atoms with Gasteiger partial charge in [-0.3, -0.25) is 9.69 Å². The van der Waals surface area contributed by atoms with E-state index in [4.69, 9.17) is 16.0 Å². The number of hydrogen-bond acceptors (Lipinski definition) is 5. The van der Waals surface area contributed by atoms with E-state index in [2.05, 4.69) is 9.97 Å². The van der Waals surface area contributed by atoms with Crippen LogP contribution in [-0.2, 0) is 6.54 Å². The minimum atomic E-state index is -0.203. The van der Waals surface area contributed by atoms with Gasteiger partial charge in [0.05, 0.1) is 22.8 Å². The largest absolute Gasteiger partial charge is 0.459 e. The number of carbonyl (C=O) groups excluding carboxylic acids is 1. The van der Waals surface area contributed by atoms with Gasteiger partial charge in [0.15, 0.2) is 10.9 Å². The number of aryl methyl sites for hydroxylation is 1. The highest BCUT2D eigenvalue weighted by Crippen LogP contribution is 2.31. The van der Waals surface area contributed by atoms with Crippen molar-refractivity contribution in [3.63, 3.8) is 0 Å². The molecule has 26 heavy (non-hydrogen) atoms. The summed E-state index contributed by atoms with van der Waals surface area (Å²) in [6.07, 6.45) is 7.66. The van der Waals surface area contributed by atoms with Gasteiger partial charge in [0.2, 0.25) is 0 Å². The first-order chi connectivity index (χ1) is 12.7. The number of halogens is 1. The van der Waals surface area contributed by atoms with Crippen molar-refractivity contribution < 1.29 is 9.21 Å². The summed E-state index contributed by atoms with van der Waals surface area (Å²) in [5, 5.41) is 1.28. The van der Waals surface area contributed by atoms with E-state index in [1.165, 1.54) is 17.6 Å². The van der Waals surface area contributed by atoms with E-state index >= 15 is 0 Å². The molecule has 0 aliphatic rings. The molecule has 0 radical (unpaired) electrons. The molecule has 8 heteroatoms. The maximum atomic E-state index is 12.9. The smallest absolute Gasteiger partial charge is 0.295 e. The van der Waals surface area contributed by atoms with Crippen molar-refractivity contribution in [2.24, 2.45) is 0 Å². The fraction of sp³-hybridized carbons (Fsp3) is 0.167. The van der Waals surface area contributed by atoms with Gasteiger partial charge in [-0.05, 0) is 36.8 Å². The Morgan fingerprint density at radius 3 is 3.04 bits per heavy atom. The lowest BCUT2D eigenvalue weighted by Crippen LogP contribution is -2.32. The number of furan rings is 1. The molecule has 4 aromatic rings. The Hall–Kier alpha value is -2.64. The number of amides is 1. The summed E-state index contributed by atoms with van der Waals surface area (Å²) in [5.41, 5.74) is 0.821. The first kappa shape index (κ1) is 16.8. The molecule has 132 valence electrons. The third-order valence-electron chi connectivity index (χ3n) is 3.90. The first-order valence-corrected chi connectivity index (χ1v) is 9.27. The maximum absolute atomic E-state index is 12.9. The van der Waals surface area contributed by atoms with Crippen molar-refractivity contribution in [3.8, 4) is 0 Å². The molecule has 0 atom stereocenters. The standard InChI is InChI=1S/C18H15ClN4O2S/c19-13-4-5-14-16(11-13)26-18(21-14)23(17(24)15-3-1-10-25-15)8-2-7-22-9-6-20-12-22/h1,3-6,9-12H,2,7-8H2. The summed E-state index contributed by atoms with van der Waals surface area (Å²) < 4.78 is 8.22. The Labute approximate surface area is 158 Å². The number of thiazole rings is 1. The molecule has 0 saturated carbocycles. The summed E-state index contributed by atoms with van der Waals surface area (Å²) in [5.74, 6) is 0.0932. The second-order valence-corrected chi connectivity index (χ2v) is 7.14. The molecule has 1 amide bonds. The number of nitrogens with zero attached hydrogens (tertiary/aromatic N) is 4. The third kappa shape index (κ3) is 3.49. The predicted molar refractivity (Wildman–Crippen MR) is 102 cm³/mol. The lowest BCUT2D eigenvalue weighted by Gasteiger charge is -2.18. The van der Waals surface area contributed by atoms with Gasteiger partial charge in [-0.25, -0.2) is 9.97 Å². The van der Waals surface area contributed by atoms with Crippen molar-refractivity contribution in [2.75, 3.05) is 11.4 Å². The van der Waals surface area contributed by atoms with Crippen LogP contribution in [0.25, 0.3) is 10.2 Å². The quantitative estimate of drug-likeness (QED) is 0.490. The number of rotatable bonds is 6. The first-order valence-electron chi connectivity index (χ1n) is 8.08. The number of aromatic nitrogens is 3. The number of benzene rings is 1. The zero-order chi connectivity index (χ0) is 17.9. The zero-order valence-electron chi connectivity index (χ0n) is 13.7. The molecule has 0 aliphatic carbocycles. The maximum Gasteiger partial charge on any atom is 0.295 e. The fourth-order valence-electron chi connectivity index (χ4n) is 2.65. The van der Waals surface area contributed by atoms with Crippen LogP contribution in [0.2, 0.25) is 5.02 Å². The van der Waals surface area contributed by atoms with Crippen LogP contribution >= 0.6 is 22.9 Å². The van der Waals surface area contributed by atoms with Crippen LogP contribution in [0, 0.1) is 0 Å². The molecule has 3 aromatic heterocycles. The molecule has 0 bridgehead atoms. The molecular formula is C18H15ClN4O2S. The molecule has 0 unspecified atom stereocenters. The molecule has 3 heterocycles. The molecule has 4 rings (SSSR count). The van der Waals surface area contributed by atoms with Crippen LogP contribution in [-0.4, -0.2) is 27.0 Å². The second kappa shape index (κ2) is 7.31. The summed E-state index contributed by atoms with van der Waals surface area (Å²) in [7, 11) is 0. The van der Waals surface area contributed by atoms with E-state index in [0.717, 1.165) is 23.2 Å². The van der Waals surface area contributed by atoms with E-state index < -0.39 is 0 Å². The van der Waals surface area contributed by atoms with Crippen LogP contribution in [0.4, 0.5) is 5.13 Å². The summed E-state index contributed by atoms with van der Waals surface area (Å²) >= 11 is 7.51. The van der Waals surface area contributed by atoms with Crippen molar-refractivity contribution in [2.45, 2.75) is 13.0 Å². The molecule has 0 N–H and O–H groups in total. The number of hydrogen-bond donors (Lipinski definition) is 0. The molecule has 6 nitrogen and oxygen atoms in total. The Bertz CT molecular complexity index is 1010. The Balaban J connectivity index is 1.61. The Kier molecular flexibility index (Phi) is 4.73. The van der Waals surface area contributed by atoms with Gasteiger partial charge in [-0.1, -0.05) is 22.9 Å². The highest BCUT2D eigenvalue weighted by molar-refractivity contribution is 7.22. The van der Waals surface area contributed by atoms with Crippen LogP contribution < -0.4 is 4.90 Å². The van der Waals surface area contributed by atoms with Gasteiger partial charge in [0.25, 0.3) is 5.91 Å². The van der Waals surface area contributed by atoms with Crippen LogP contribution in [0.15, 0.2) is 59.7 Å². The van der Waals surface area contributed by atoms with Crippen LogP contribution in [0.5, 0.6) is 0 Å². The third-order valence-corrected chi connectivity index (χ3v) is 5.18. The van der Waals surface area contributed by atoms with E-state index in [9.17, 15) is 4.79 Å². The van der Waals surface area contributed by atoms with E-state index in [0.29, 0.717) is 22.5 Å². The molecule has 0 aliphatic heterocycles. The van der Waals surface area contributed by atoms with Crippen molar-refractivity contribution in [1.29, 1.82) is 0 Å². The van der Waals surface area contributed by atoms with Crippen molar-refractivity contribution in [3.05, 3.63) is 66.1 Å².